The van der Waals surface area contributed by atoms with E-state index in [1.54, 1.807) is 24.9 Å². The molecular formula is C12H17FO2S. The second-order valence-corrected chi connectivity index (χ2v) is 4.79. The smallest absolute Gasteiger partial charge is 0.123 e. The van der Waals surface area contributed by atoms with Crippen LogP contribution in [0, 0.1) is 11.7 Å². The molecule has 0 saturated carbocycles. The van der Waals surface area contributed by atoms with Crippen LogP contribution in [-0.2, 0) is 5.75 Å². The molecule has 0 aliphatic rings. The van der Waals surface area contributed by atoms with Gasteiger partial charge in [-0.1, -0.05) is 6.92 Å². The van der Waals surface area contributed by atoms with Crippen LogP contribution < -0.4 is 4.74 Å². The van der Waals surface area contributed by atoms with Gasteiger partial charge in [0.05, 0.1) is 7.11 Å². The summed E-state index contributed by atoms with van der Waals surface area (Å²) in [6.07, 6.45) is 0. The molecule has 0 amide bonds. The number of hydrogen-bond donors (Lipinski definition) is 1. The van der Waals surface area contributed by atoms with Crippen LogP contribution in [0.5, 0.6) is 5.75 Å². The monoisotopic (exact) mass is 244 g/mol. The molecule has 0 radical (unpaired) electrons. The highest BCUT2D eigenvalue weighted by Gasteiger charge is 2.06. The van der Waals surface area contributed by atoms with E-state index in [1.165, 1.54) is 12.1 Å². The molecule has 90 valence electrons. The maximum absolute atomic E-state index is 13.0. The lowest BCUT2D eigenvalue weighted by atomic mass is 10.2. The van der Waals surface area contributed by atoms with Gasteiger partial charge in [0.15, 0.2) is 0 Å². The van der Waals surface area contributed by atoms with Crippen molar-refractivity contribution >= 4 is 11.8 Å². The van der Waals surface area contributed by atoms with Crippen LogP contribution in [0.15, 0.2) is 18.2 Å². The normalized spacial score (nSPS) is 12.5. The zero-order valence-electron chi connectivity index (χ0n) is 9.57. The molecule has 0 aliphatic carbocycles. The van der Waals surface area contributed by atoms with Crippen LogP contribution in [0.1, 0.15) is 12.5 Å². The summed E-state index contributed by atoms with van der Waals surface area (Å²) in [6.45, 7) is 2.17. The molecule has 1 unspecified atom stereocenters. The molecule has 0 aliphatic heterocycles. The van der Waals surface area contributed by atoms with Gasteiger partial charge in [-0.15, -0.1) is 0 Å². The molecule has 1 rings (SSSR count). The van der Waals surface area contributed by atoms with Crippen LogP contribution in [0.2, 0.25) is 0 Å². The van der Waals surface area contributed by atoms with E-state index >= 15 is 0 Å². The highest BCUT2D eigenvalue weighted by Crippen LogP contribution is 2.24. The number of halogens is 1. The number of hydrogen-bond acceptors (Lipinski definition) is 3. The fourth-order valence-corrected chi connectivity index (χ4v) is 2.35. The number of aliphatic hydroxyl groups is 1. The molecule has 2 nitrogen and oxygen atoms in total. The summed E-state index contributed by atoms with van der Waals surface area (Å²) in [7, 11) is 1.58. The first-order valence-corrected chi connectivity index (χ1v) is 6.34. The molecule has 0 bridgehead atoms. The maximum Gasteiger partial charge on any atom is 0.123 e. The quantitative estimate of drug-likeness (QED) is 0.834. The molecule has 1 aromatic rings. The van der Waals surface area contributed by atoms with Crippen molar-refractivity contribution in [2.24, 2.45) is 5.92 Å². The van der Waals surface area contributed by atoms with Crippen LogP contribution in [0.3, 0.4) is 0 Å². The molecule has 1 aromatic carbocycles. The number of aliphatic hydroxyl groups excluding tert-OH is 1. The predicted molar refractivity (Wildman–Crippen MR) is 65.4 cm³/mol. The van der Waals surface area contributed by atoms with E-state index in [4.69, 9.17) is 9.84 Å². The zero-order chi connectivity index (χ0) is 12.0. The second kappa shape index (κ2) is 6.76. The van der Waals surface area contributed by atoms with Crippen LogP contribution in [0.25, 0.3) is 0 Å². The Morgan fingerprint density at radius 2 is 2.25 bits per heavy atom. The van der Waals surface area contributed by atoms with Crippen LogP contribution in [0.4, 0.5) is 4.39 Å². The average molecular weight is 244 g/mol. The van der Waals surface area contributed by atoms with Gasteiger partial charge in [0.2, 0.25) is 0 Å². The summed E-state index contributed by atoms with van der Waals surface area (Å²) in [5.41, 5.74) is 0.859. The van der Waals surface area contributed by atoms with E-state index < -0.39 is 0 Å². The Morgan fingerprint density at radius 3 is 2.88 bits per heavy atom. The first kappa shape index (κ1) is 13.3. The molecule has 0 fully saturated rings. The third-order valence-electron chi connectivity index (χ3n) is 2.21. The summed E-state index contributed by atoms with van der Waals surface area (Å²) >= 11 is 1.67. The molecule has 0 heterocycles. The third kappa shape index (κ3) is 4.02. The molecular weight excluding hydrogens is 227 g/mol. The van der Waals surface area contributed by atoms with Crippen molar-refractivity contribution in [1.29, 1.82) is 0 Å². The Labute approximate surface area is 99.8 Å². The van der Waals surface area contributed by atoms with Gasteiger partial charge in [-0.3, -0.25) is 0 Å². The van der Waals surface area contributed by atoms with Crippen molar-refractivity contribution in [1.82, 2.24) is 0 Å². The molecule has 4 heteroatoms. The SMILES string of the molecule is COc1ccc(F)cc1CSCC(C)CO. The molecule has 16 heavy (non-hydrogen) atoms. The number of benzene rings is 1. The number of methoxy groups -OCH3 is 1. The minimum absolute atomic E-state index is 0.188. The van der Waals surface area contributed by atoms with Gasteiger partial charge in [-0.05, 0) is 29.9 Å². The molecule has 0 aromatic heterocycles. The lowest BCUT2D eigenvalue weighted by Crippen LogP contribution is -2.03. The Hall–Kier alpha value is -0.740. The first-order valence-electron chi connectivity index (χ1n) is 5.18. The number of thioether (sulfide) groups is 1. The van der Waals surface area contributed by atoms with Gasteiger partial charge in [-0.2, -0.15) is 11.8 Å². The van der Waals surface area contributed by atoms with Gasteiger partial charge in [-0.25, -0.2) is 4.39 Å². The Kier molecular flexibility index (Phi) is 5.63. The van der Waals surface area contributed by atoms with Gasteiger partial charge in [0.1, 0.15) is 11.6 Å². The summed E-state index contributed by atoms with van der Waals surface area (Å²) < 4.78 is 18.2. The predicted octanol–water partition coefficient (Wildman–Crippen LogP) is 2.70. The van der Waals surface area contributed by atoms with Gasteiger partial charge >= 0.3 is 0 Å². The standard InChI is InChI=1S/C12H17FO2S/c1-9(6-14)7-16-8-10-5-11(13)3-4-12(10)15-2/h3-5,9,14H,6-8H2,1-2H3. The largest absolute Gasteiger partial charge is 0.496 e. The van der Waals surface area contributed by atoms with E-state index in [1.807, 2.05) is 6.92 Å². The lowest BCUT2D eigenvalue weighted by Gasteiger charge is -2.10. The minimum atomic E-state index is -0.244. The lowest BCUT2D eigenvalue weighted by molar-refractivity contribution is 0.250. The highest BCUT2D eigenvalue weighted by atomic mass is 32.2. The van der Waals surface area contributed by atoms with Gasteiger partial charge in [0.25, 0.3) is 0 Å². The highest BCUT2D eigenvalue weighted by molar-refractivity contribution is 7.98. The topological polar surface area (TPSA) is 29.5 Å². The van der Waals surface area contributed by atoms with Gasteiger partial charge < -0.3 is 9.84 Å². The number of ether oxygens (including phenoxy) is 1. The van der Waals surface area contributed by atoms with E-state index in [0.717, 1.165) is 11.3 Å². The number of rotatable bonds is 6. The summed E-state index contributed by atoms with van der Waals surface area (Å²) in [5, 5.41) is 8.88. The fourth-order valence-electron chi connectivity index (χ4n) is 1.28. The van der Waals surface area contributed by atoms with Crippen molar-refractivity contribution in [3.8, 4) is 5.75 Å². The molecule has 1 atom stereocenters. The molecule has 0 spiro atoms. The van der Waals surface area contributed by atoms with Crippen LogP contribution in [-0.4, -0.2) is 24.6 Å². The Morgan fingerprint density at radius 1 is 1.50 bits per heavy atom. The van der Waals surface area contributed by atoms with Crippen molar-refractivity contribution in [3.63, 3.8) is 0 Å². The van der Waals surface area contributed by atoms with Crippen LogP contribution >= 0.6 is 11.8 Å². The maximum atomic E-state index is 13.0. The minimum Gasteiger partial charge on any atom is -0.496 e. The fraction of sp³-hybridized carbons (Fsp3) is 0.500. The average Bonchev–Trinajstić information content (AvgIpc) is 2.29. The van der Waals surface area contributed by atoms with Crippen molar-refractivity contribution in [2.45, 2.75) is 12.7 Å². The van der Waals surface area contributed by atoms with Gasteiger partial charge in [0, 0.05) is 17.9 Å². The van der Waals surface area contributed by atoms with Crippen molar-refractivity contribution in [3.05, 3.63) is 29.6 Å². The van der Waals surface area contributed by atoms with Crippen molar-refractivity contribution in [2.75, 3.05) is 19.5 Å². The summed E-state index contributed by atoms with van der Waals surface area (Å²) in [6, 6.07) is 4.53. The van der Waals surface area contributed by atoms with Crippen molar-refractivity contribution < 1.29 is 14.2 Å². The second-order valence-electron chi connectivity index (χ2n) is 3.76. The Bertz CT molecular complexity index is 331. The summed E-state index contributed by atoms with van der Waals surface area (Å²) in [4.78, 5) is 0. The third-order valence-corrected chi connectivity index (χ3v) is 3.53. The van der Waals surface area contributed by atoms with E-state index in [-0.39, 0.29) is 18.3 Å². The molecule has 1 N–H and O–H groups in total. The zero-order valence-corrected chi connectivity index (χ0v) is 10.4. The van der Waals surface area contributed by atoms with E-state index in [9.17, 15) is 4.39 Å². The Balaban J connectivity index is 2.55. The summed E-state index contributed by atoms with van der Waals surface area (Å²) in [5.74, 6) is 2.29. The van der Waals surface area contributed by atoms with E-state index in [2.05, 4.69) is 0 Å². The first-order chi connectivity index (χ1) is 7.67. The van der Waals surface area contributed by atoms with E-state index in [0.29, 0.717) is 11.5 Å². The molecule has 0 saturated heterocycles.